The molecule has 34 heavy (non-hydrogen) atoms. The summed E-state index contributed by atoms with van der Waals surface area (Å²) in [6.45, 7) is 1.96. The number of methoxy groups -OCH3 is 1. The second-order valence-electron chi connectivity index (χ2n) is 6.84. The molecule has 8 nitrogen and oxygen atoms in total. The van der Waals surface area contributed by atoms with Crippen molar-refractivity contribution in [3.8, 4) is 22.7 Å². The molecule has 0 amide bonds. The van der Waals surface area contributed by atoms with Gasteiger partial charge in [-0.05, 0) is 31.2 Å². The molecule has 0 unspecified atom stereocenters. The van der Waals surface area contributed by atoms with Gasteiger partial charge in [-0.2, -0.15) is 13.2 Å². The van der Waals surface area contributed by atoms with Gasteiger partial charge in [-0.1, -0.05) is 29.5 Å². The Morgan fingerprint density at radius 3 is 2.44 bits per heavy atom. The summed E-state index contributed by atoms with van der Waals surface area (Å²) >= 11 is 1.72. The third-order valence-electron chi connectivity index (χ3n) is 4.35. The second-order valence-corrected chi connectivity index (χ2v) is 7.86. The van der Waals surface area contributed by atoms with E-state index in [1.807, 2.05) is 65.0 Å². The van der Waals surface area contributed by atoms with Gasteiger partial charge in [0.2, 0.25) is 0 Å². The van der Waals surface area contributed by atoms with Crippen LogP contribution < -0.4 is 4.74 Å². The summed E-state index contributed by atoms with van der Waals surface area (Å²) in [5.41, 5.74) is 3.67. The van der Waals surface area contributed by atoms with Crippen molar-refractivity contribution in [3.05, 3.63) is 72.9 Å². The van der Waals surface area contributed by atoms with Crippen molar-refractivity contribution in [2.24, 2.45) is 0 Å². The number of alkyl halides is 3. The highest BCUT2D eigenvalue weighted by molar-refractivity contribution is 7.98. The Labute approximate surface area is 197 Å². The van der Waals surface area contributed by atoms with E-state index in [1.54, 1.807) is 25.2 Å². The third-order valence-corrected chi connectivity index (χ3v) is 5.35. The van der Waals surface area contributed by atoms with Crippen LogP contribution in [0.2, 0.25) is 0 Å². The molecule has 2 aromatic heterocycles. The first-order valence-electron chi connectivity index (χ1n) is 9.75. The molecule has 4 rings (SSSR count). The van der Waals surface area contributed by atoms with Gasteiger partial charge in [-0.25, -0.2) is 14.5 Å². The summed E-state index contributed by atoms with van der Waals surface area (Å²) in [5.74, 6) is -1.29. The number of aromatic nitrogens is 5. The number of thioether (sulfide) groups is 1. The average Bonchev–Trinajstić information content (AvgIpc) is 3.47. The van der Waals surface area contributed by atoms with Crippen molar-refractivity contribution >= 4 is 17.7 Å². The van der Waals surface area contributed by atoms with Crippen molar-refractivity contribution in [1.29, 1.82) is 0 Å². The maximum absolute atomic E-state index is 10.6. The third kappa shape index (κ3) is 6.61. The zero-order valence-corrected chi connectivity index (χ0v) is 18.9. The van der Waals surface area contributed by atoms with Crippen molar-refractivity contribution in [2.45, 2.75) is 23.9 Å². The summed E-state index contributed by atoms with van der Waals surface area (Å²) in [5, 5.41) is 15.7. The van der Waals surface area contributed by atoms with E-state index in [0.717, 1.165) is 28.4 Å². The largest absolute Gasteiger partial charge is 0.495 e. The summed E-state index contributed by atoms with van der Waals surface area (Å²) in [4.78, 5) is 14.4. The predicted molar refractivity (Wildman–Crippen MR) is 120 cm³/mol. The molecule has 0 saturated heterocycles. The zero-order valence-electron chi connectivity index (χ0n) is 18.1. The van der Waals surface area contributed by atoms with E-state index in [9.17, 15) is 13.2 Å². The number of carboxylic acids is 1. The summed E-state index contributed by atoms with van der Waals surface area (Å²) < 4.78 is 41.1. The molecule has 0 bridgehead atoms. The molecule has 2 heterocycles. The molecular weight excluding hydrogens is 471 g/mol. The monoisotopic (exact) mass is 491 g/mol. The van der Waals surface area contributed by atoms with E-state index in [2.05, 4.69) is 27.4 Å². The number of aliphatic carboxylic acids is 1. The molecule has 0 atom stereocenters. The smallest absolute Gasteiger partial charge is 0.490 e. The molecule has 0 saturated carbocycles. The molecular formula is C22H20F3N5O3S. The van der Waals surface area contributed by atoms with Gasteiger partial charge in [0.1, 0.15) is 11.4 Å². The van der Waals surface area contributed by atoms with E-state index in [4.69, 9.17) is 14.6 Å². The van der Waals surface area contributed by atoms with E-state index in [1.165, 1.54) is 4.90 Å². The van der Waals surface area contributed by atoms with E-state index in [-0.39, 0.29) is 0 Å². The molecule has 0 spiro atoms. The lowest BCUT2D eigenvalue weighted by molar-refractivity contribution is -0.192. The Morgan fingerprint density at radius 2 is 1.85 bits per heavy atom. The number of benzene rings is 2. The van der Waals surface area contributed by atoms with Crippen LogP contribution in [0.15, 0.2) is 72.1 Å². The molecule has 0 aliphatic rings. The highest BCUT2D eigenvalue weighted by Gasteiger charge is 2.38. The lowest BCUT2D eigenvalue weighted by Crippen LogP contribution is -2.21. The average molecular weight is 491 g/mol. The fourth-order valence-electron chi connectivity index (χ4n) is 2.75. The Hall–Kier alpha value is -3.80. The molecule has 0 fully saturated rings. The van der Waals surface area contributed by atoms with Gasteiger partial charge >= 0.3 is 12.1 Å². The van der Waals surface area contributed by atoms with Crippen LogP contribution in [-0.2, 0) is 10.7 Å². The first kappa shape index (κ1) is 24.8. The normalized spacial score (nSPS) is 11.0. The van der Waals surface area contributed by atoms with E-state index in [0.29, 0.717) is 5.88 Å². The van der Waals surface area contributed by atoms with Gasteiger partial charge in [0.05, 0.1) is 36.9 Å². The fraction of sp³-hybridized carbons (Fsp3) is 0.182. The Bertz CT molecular complexity index is 1240. The van der Waals surface area contributed by atoms with Crippen molar-refractivity contribution in [1.82, 2.24) is 24.5 Å². The number of nitrogens with zero attached hydrogens (tertiary/aromatic N) is 5. The number of hydrogen-bond acceptors (Lipinski definition) is 6. The van der Waals surface area contributed by atoms with Crippen molar-refractivity contribution in [2.75, 3.05) is 7.11 Å². The van der Waals surface area contributed by atoms with E-state index < -0.39 is 12.1 Å². The molecule has 12 heteroatoms. The number of hydrogen-bond donors (Lipinski definition) is 1. The first-order chi connectivity index (χ1) is 16.2. The molecule has 0 aliphatic heterocycles. The lowest BCUT2D eigenvalue weighted by Gasteiger charge is -2.10. The quantitative estimate of drug-likeness (QED) is 0.386. The van der Waals surface area contributed by atoms with Gasteiger partial charge in [-0.15, -0.1) is 16.9 Å². The molecule has 0 radical (unpaired) electrons. The first-order valence-corrected chi connectivity index (χ1v) is 10.7. The van der Waals surface area contributed by atoms with Crippen LogP contribution in [0.1, 0.15) is 5.69 Å². The van der Waals surface area contributed by atoms with Crippen LogP contribution in [0, 0.1) is 6.92 Å². The zero-order chi connectivity index (χ0) is 24.7. The maximum Gasteiger partial charge on any atom is 0.490 e. The SMILES string of the molecule is COc1cc(-c2cn(CSc3ccccc3)nn2)ccc1-n1cnc(C)c1.O=C(O)C(F)(F)F. The number of carbonyl (C=O) groups is 1. The standard InChI is InChI=1S/C20H19N5OS.C2HF3O2/c1-15-11-24(13-21-15)19-9-8-16(10-20(19)26-2)18-12-25(23-22-18)14-27-17-6-4-3-5-7-17;3-2(4,5)1(6)7/h3-13H,14H2,1-2H3;(H,6,7). The number of halogens is 3. The molecule has 178 valence electrons. The second kappa shape index (κ2) is 10.9. The summed E-state index contributed by atoms with van der Waals surface area (Å²) in [7, 11) is 1.67. The minimum atomic E-state index is -5.08. The van der Waals surface area contributed by atoms with E-state index >= 15 is 0 Å². The molecule has 1 N–H and O–H groups in total. The molecule has 4 aromatic rings. The highest BCUT2D eigenvalue weighted by atomic mass is 32.2. The number of carboxylic acid groups (broad SMARTS) is 1. The minimum absolute atomic E-state index is 0.709. The lowest BCUT2D eigenvalue weighted by atomic mass is 10.1. The minimum Gasteiger partial charge on any atom is -0.495 e. The van der Waals surface area contributed by atoms with Crippen LogP contribution >= 0.6 is 11.8 Å². The number of ether oxygens (including phenoxy) is 1. The summed E-state index contributed by atoms with van der Waals surface area (Å²) in [6, 6.07) is 16.3. The predicted octanol–water partition coefficient (Wildman–Crippen LogP) is 4.83. The number of aryl methyl sites for hydroxylation is 1. The topological polar surface area (TPSA) is 95.1 Å². The van der Waals surface area contributed by atoms with Gasteiger partial charge in [0.25, 0.3) is 0 Å². The number of rotatable bonds is 6. The molecule has 2 aromatic carbocycles. The van der Waals surface area contributed by atoms with Crippen molar-refractivity contribution in [3.63, 3.8) is 0 Å². The Morgan fingerprint density at radius 1 is 1.15 bits per heavy atom. The fourth-order valence-corrected chi connectivity index (χ4v) is 3.51. The van der Waals surface area contributed by atoms with Crippen molar-refractivity contribution < 1.29 is 27.8 Å². The van der Waals surface area contributed by atoms with Gasteiger partial charge in [0.15, 0.2) is 0 Å². The van der Waals surface area contributed by atoms with Crippen LogP contribution in [-0.4, -0.2) is 48.9 Å². The Kier molecular flexibility index (Phi) is 7.95. The van der Waals surface area contributed by atoms with Gasteiger partial charge < -0.3 is 14.4 Å². The van der Waals surface area contributed by atoms with Crippen LogP contribution in [0.25, 0.3) is 16.9 Å². The summed E-state index contributed by atoms with van der Waals surface area (Å²) in [6.07, 6.45) is 0.615. The highest BCUT2D eigenvalue weighted by Crippen LogP contribution is 2.29. The van der Waals surface area contributed by atoms with Gasteiger partial charge in [0, 0.05) is 16.7 Å². The maximum atomic E-state index is 10.6. The number of imidazole rings is 1. The van der Waals surface area contributed by atoms with Crippen LogP contribution in [0.3, 0.4) is 0 Å². The van der Waals surface area contributed by atoms with Crippen LogP contribution in [0.5, 0.6) is 5.75 Å². The Balaban J connectivity index is 0.000000406. The van der Waals surface area contributed by atoms with Gasteiger partial charge in [-0.3, -0.25) is 0 Å². The van der Waals surface area contributed by atoms with Crippen LogP contribution in [0.4, 0.5) is 13.2 Å². The molecule has 0 aliphatic carbocycles.